The fourth-order valence-corrected chi connectivity index (χ4v) is 4.82. The molecule has 1 fully saturated rings. The largest absolute Gasteiger partial charge is 0.491 e. The summed E-state index contributed by atoms with van der Waals surface area (Å²) in [7, 11) is 3.63. The molecule has 200 valence electrons. The Kier molecular flexibility index (Phi) is 8.22. The first kappa shape index (κ1) is 27.8. The number of esters is 1. The smallest absolute Gasteiger partial charge is 0.422 e. The number of likely N-dealkylation sites (N-methyl/N-ethyl adjacent to an activating group) is 1. The van der Waals surface area contributed by atoms with Crippen LogP contribution in [0.1, 0.15) is 46.0 Å². The number of amides is 2. The van der Waals surface area contributed by atoms with Crippen molar-refractivity contribution in [2.45, 2.75) is 58.2 Å². The summed E-state index contributed by atoms with van der Waals surface area (Å²) in [4.78, 5) is 40.0. The summed E-state index contributed by atoms with van der Waals surface area (Å²) in [5, 5.41) is 3.22. The van der Waals surface area contributed by atoms with E-state index in [0.29, 0.717) is 44.6 Å². The van der Waals surface area contributed by atoms with Gasteiger partial charge in [0.1, 0.15) is 11.8 Å². The van der Waals surface area contributed by atoms with E-state index in [2.05, 4.69) is 19.2 Å². The van der Waals surface area contributed by atoms with Gasteiger partial charge >= 0.3 is 12.1 Å². The van der Waals surface area contributed by atoms with Gasteiger partial charge in [0.25, 0.3) is 5.91 Å². The van der Waals surface area contributed by atoms with Crippen LogP contribution in [0.25, 0.3) is 0 Å². The maximum absolute atomic E-state index is 13.0. The number of dihydropyridines is 1. The van der Waals surface area contributed by atoms with Crippen molar-refractivity contribution in [1.29, 1.82) is 0 Å². The highest BCUT2D eigenvalue weighted by Gasteiger charge is 2.44. The lowest BCUT2D eigenvalue weighted by molar-refractivity contribution is -0.195. The van der Waals surface area contributed by atoms with E-state index in [9.17, 15) is 27.6 Å². The van der Waals surface area contributed by atoms with Crippen molar-refractivity contribution in [3.8, 4) is 0 Å². The summed E-state index contributed by atoms with van der Waals surface area (Å²) in [5.74, 6) is -3.62. The topological polar surface area (TPSA) is 105 Å². The number of rotatable bonds is 6. The number of carbonyl (C=O) groups is 3. The number of piperidine rings is 1. The van der Waals surface area contributed by atoms with Gasteiger partial charge in [-0.1, -0.05) is 19.9 Å². The summed E-state index contributed by atoms with van der Waals surface area (Å²) in [6.07, 6.45) is 1.20. The normalized spacial score (nSPS) is 23.1. The van der Waals surface area contributed by atoms with Crippen LogP contribution in [0, 0.1) is 11.3 Å². The third-order valence-corrected chi connectivity index (χ3v) is 6.95. The molecular formula is C25H35F3N4O4. The first-order valence-corrected chi connectivity index (χ1v) is 12.1. The Balaban J connectivity index is 1.91. The maximum Gasteiger partial charge on any atom is 0.491 e. The number of halogens is 3. The number of likely N-dealkylation sites (tertiary alicyclic amines) is 1. The van der Waals surface area contributed by atoms with Crippen LogP contribution in [-0.4, -0.2) is 73.5 Å². The third-order valence-electron chi connectivity index (χ3n) is 6.95. The fourth-order valence-electron chi connectivity index (χ4n) is 4.82. The van der Waals surface area contributed by atoms with Gasteiger partial charge in [-0.15, -0.1) is 0 Å². The van der Waals surface area contributed by atoms with Crippen LogP contribution >= 0.6 is 0 Å². The molecule has 11 heteroatoms. The van der Waals surface area contributed by atoms with E-state index in [1.165, 1.54) is 6.08 Å². The van der Waals surface area contributed by atoms with Crippen LogP contribution in [0.3, 0.4) is 0 Å². The summed E-state index contributed by atoms with van der Waals surface area (Å²) in [6, 6.07) is -0.820. The Labute approximate surface area is 209 Å². The summed E-state index contributed by atoms with van der Waals surface area (Å²) in [6.45, 7) is 5.47. The van der Waals surface area contributed by atoms with Crippen LogP contribution in [0.2, 0.25) is 0 Å². The molecular weight excluding hydrogens is 477 g/mol. The Bertz CT molecular complexity index is 990. The summed E-state index contributed by atoms with van der Waals surface area (Å²) >= 11 is 0. The SMILES string of the molecule is CN(C)CC(=O)N1CCC(C2=C(C(N)=O)C=C(OC(=O)C(F)(F)F)C(C3=CCC(C)(C)CC3)N2)CC1. The Hall–Kier alpha value is -2.82. The van der Waals surface area contributed by atoms with Crippen LogP contribution in [0.4, 0.5) is 13.2 Å². The molecule has 1 unspecified atom stereocenters. The van der Waals surface area contributed by atoms with E-state index in [4.69, 9.17) is 10.5 Å². The molecule has 0 aromatic heterocycles. The molecule has 0 aromatic rings. The molecule has 36 heavy (non-hydrogen) atoms. The molecule has 2 heterocycles. The highest BCUT2D eigenvalue weighted by molar-refractivity contribution is 5.96. The van der Waals surface area contributed by atoms with Crippen molar-refractivity contribution in [2.24, 2.45) is 17.1 Å². The molecule has 3 rings (SSSR count). The van der Waals surface area contributed by atoms with Gasteiger partial charge in [0.2, 0.25) is 5.91 Å². The minimum Gasteiger partial charge on any atom is -0.422 e. The van der Waals surface area contributed by atoms with Gasteiger partial charge in [0.15, 0.2) is 0 Å². The van der Waals surface area contributed by atoms with Crippen LogP contribution in [-0.2, 0) is 19.1 Å². The van der Waals surface area contributed by atoms with Crippen molar-refractivity contribution >= 4 is 17.8 Å². The number of hydrogen-bond donors (Lipinski definition) is 2. The summed E-state index contributed by atoms with van der Waals surface area (Å²) < 4.78 is 43.8. The average Bonchev–Trinajstić information content (AvgIpc) is 2.78. The lowest BCUT2D eigenvalue weighted by Crippen LogP contribution is -2.47. The molecule has 0 bridgehead atoms. The molecule has 0 saturated carbocycles. The average molecular weight is 513 g/mol. The highest BCUT2D eigenvalue weighted by Crippen LogP contribution is 2.39. The van der Waals surface area contributed by atoms with E-state index in [-0.39, 0.29) is 28.6 Å². The van der Waals surface area contributed by atoms with Crippen LogP contribution < -0.4 is 11.1 Å². The van der Waals surface area contributed by atoms with Gasteiger partial charge in [-0.3, -0.25) is 9.59 Å². The molecule has 2 amide bonds. The number of nitrogens with one attached hydrogen (secondary N) is 1. The molecule has 0 radical (unpaired) electrons. The van der Waals surface area contributed by atoms with Crippen molar-refractivity contribution in [2.75, 3.05) is 33.7 Å². The van der Waals surface area contributed by atoms with Crippen molar-refractivity contribution in [1.82, 2.24) is 15.1 Å². The Morgan fingerprint density at radius 1 is 1.22 bits per heavy atom. The minimum atomic E-state index is -5.18. The summed E-state index contributed by atoms with van der Waals surface area (Å²) in [5.41, 5.74) is 6.96. The molecule has 3 aliphatic rings. The number of carbonyl (C=O) groups excluding carboxylic acids is 3. The number of primary amides is 1. The highest BCUT2D eigenvalue weighted by atomic mass is 19.4. The molecule has 3 N–H and O–H groups in total. The van der Waals surface area contributed by atoms with Crippen molar-refractivity contribution in [3.05, 3.63) is 34.8 Å². The fraction of sp³-hybridized carbons (Fsp3) is 0.640. The third kappa shape index (κ3) is 6.68. The van der Waals surface area contributed by atoms with Crippen LogP contribution in [0.15, 0.2) is 34.8 Å². The minimum absolute atomic E-state index is 0.00764. The zero-order valence-corrected chi connectivity index (χ0v) is 21.2. The van der Waals surface area contributed by atoms with Gasteiger partial charge in [-0.2, -0.15) is 13.2 Å². The second-order valence-electron chi connectivity index (χ2n) is 10.7. The number of ether oxygens (including phenoxy) is 1. The number of allylic oxidation sites excluding steroid dienone is 2. The molecule has 2 aliphatic heterocycles. The van der Waals surface area contributed by atoms with Crippen molar-refractivity contribution in [3.63, 3.8) is 0 Å². The molecule has 1 aliphatic carbocycles. The standard InChI is InChI=1S/C25H35F3N4O4/c1-24(2)9-5-15(6-10-24)21-18(36-23(35)25(26,27)28)13-17(22(29)34)20(30-21)16-7-11-32(12-8-16)19(33)14-31(3)4/h5,13,16,21,30H,6-12,14H2,1-4H3,(H2,29,34). The van der Waals surface area contributed by atoms with Crippen molar-refractivity contribution < 1.29 is 32.3 Å². The van der Waals surface area contributed by atoms with E-state index >= 15 is 0 Å². The second-order valence-corrected chi connectivity index (χ2v) is 10.7. The predicted octanol–water partition coefficient (Wildman–Crippen LogP) is 2.62. The lowest BCUT2D eigenvalue weighted by atomic mass is 9.76. The first-order valence-electron chi connectivity index (χ1n) is 12.1. The Morgan fingerprint density at radius 2 is 1.86 bits per heavy atom. The number of alkyl halides is 3. The number of nitrogens with zero attached hydrogens (tertiary/aromatic N) is 2. The second kappa shape index (κ2) is 10.7. The van der Waals surface area contributed by atoms with Gasteiger partial charge < -0.3 is 25.6 Å². The number of hydrogen-bond acceptors (Lipinski definition) is 6. The van der Waals surface area contributed by atoms with Gasteiger partial charge in [-0.25, -0.2) is 4.79 Å². The molecule has 1 saturated heterocycles. The monoisotopic (exact) mass is 512 g/mol. The number of nitrogens with two attached hydrogens (primary N) is 1. The zero-order valence-electron chi connectivity index (χ0n) is 21.2. The quantitative estimate of drug-likeness (QED) is 0.419. The van der Waals surface area contributed by atoms with E-state index in [1.54, 1.807) is 9.80 Å². The molecule has 1 atom stereocenters. The maximum atomic E-state index is 13.0. The van der Waals surface area contributed by atoms with Gasteiger partial charge in [-0.05, 0) is 63.3 Å². The van der Waals surface area contributed by atoms with Crippen LogP contribution in [0.5, 0.6) is 0 Å². The Morgan fingerprint density at radius 3 is 2.36 bits per heavy atom. The van der Waals surface area contributed by atoms with E-state index in [0.717, 1.165) is 18.4 Å². The first-order chi connectivity index (χ1) is 16.7. The van der Waals surface area contributed by atoms with E-state index < -0.39 is 24.1 Å². The molecule has 0 spiro atoms. The van der Waals surface area contributed by atoms with Gasteiger partial charge in [0.05, 0.1) is 12.1 Å². The molecule has 8 nitrogen and oxygen atoms in total. The predicted molar refractivity (Wildman–Crippen MR) is 127 cm³/mol. The van der Waals surface area contributed by atoms with E-state index in [1.807, 2.05) is 20.2 Å². The zero-order chi connectivity index (χ0) is 26.8. The molecule has 0 aromatic carbocycles. The van der Waals surface area contributed by atoms with Gasteiger partial charge in [0, 0.05) is 24.7 Å². The lowest BCUT2D eigenvalue weighted by Gasteiger charge is -2.39.